The van der Waals surface area contributed by atoms with Gasteiger partial charge in [0.1, 0.15) is 11.4 Å². The Morgan fingerprint density at radius 1 is 1.04 bits per heavy atom. The van der Waals surface area contributed by atoms with Crippen LogP contribution >= 0.6 is 0 Å². The highest BCUT2D eigenvalue weighted by molar-refractivity contribution is 7.90. The van der Waals surface area contributed by atoms with Crippen LogP contribution in [-0.4, -0.2) is 37.1 Å². The molecule has 6 rings (SSSR count). The Kier molecular flexibility index (Phi) is 3.48. The van der Waals surface area contributed by atoms with E-state index in [1.807, 2.05) is 0 Å². The monoisotopic (exact) mass is 374 g/mol. The molecule has 26 heavy (non-hydrogen) atoms. The number of benzene rings is 1. The zero-order chi connectivity index (χ0) is 18.1. The molecule has 0 atom stereocenters. The van der Waals surface area contributed by atoms with Crippen molar-refractivity contribution in [3.63, 3.8) is 0 Å². The summed E-state index contributed by atoms with van der Waals surface area (Å²) >= 11 is 0. The maximum atomic E-state index is 12.6. The number of carbonyl (C=O) groups is 2. The first-order chi connectivity index (χ1) is 12.4. The van der Waals surface area contributed by atoms with E-state index >= 15 is 0 Å². The third-order valence-corrected chi connectivity index (χ3v) is 8.54. The van der Waals surface area contributed by atoms with Crippen LogP contribution in [0.2, 0.25) is 0 Å². The molecule has 6 nitrogen and oxygen atoms in total. The molecule has 4 aliphatic carbocycles. The van der Waals surface area contributed by atoms with Crippen molar-refractivity contribution < 1.29 is 18.0 Å². The topological polar surface area (TPSA) is 83.6 Å². The van der Waals surface area contributed by atoms with Crippen molar-refractivity contribution in [1.29, 1.82) is 0 Å². The second-order valence-electron chi connectivity index (χ2n) is 8.34. The molecule has 1 heterocycles. The number of nitrogens with zero attached hydrogens (tertiary/aromatic N) is 1. The third-order valence-electron chi connectivity index (χ3n) is 6.75. The zero-order valence-corrected chi connectivity index (χ0v) is 15.2. The lowest BCUT2D eigenvalue weighted by atomic mass is 9.54. The van der Waals surface area contributed by atoms with Crippen molar-refractivity contribution in [2.24, 2.45) is 23.7 Å². The van der Waals surface area contributed by atoms with E-state index in [1.54, 1.807) is 12.1 Å². The molecule has 1 aromatic carbocycles. The van der Waals surface area contributed by atoms with E-state index in [0.29, 0.717) is 16.1 Å². The number of hydrogen-bond donors (Lipinski definition) is 1. The molecule has 0 radical (unpaired) electrons. The molecular weight excluding hydrogens is 352 g/mol. The fraction of sp³-hybridized carbons (Fsp3) is 0.579. The molecule has 5 aliphatic rings. The third kappa shape index (κ3) is 2.32. The van der Waals surface area contributed by atoms with Gasteiger partial charge in [-0.25, -0.2) is 12.7 Å². The molecule has 4 fully saturated rings. The van der Waals surface area contributed by atoms with Crippen molar-refractivity contribution in [3.8, 4) is 0 Å². The lowest BCUT2D eigenvalue weighted by molar-refractivity contribution is -0.125. The Hall–Kier alpha value is -1.89. The van der Waals surface area contributed by atoms with Gasteiger partial charge in [-0.2, -0.15) is 0 Å². The molecular formula is C19H22N2O4S. The van der Waals surface area contributed by atoms with Gasteiger partial charge in [-0.3, -0.25) is 9.59 Å². The minimum absolute atomic E-state index is 0.00702. The van der Waals surface area contributed by atoms with E-state index in [1.165, 1.54) is 44.2 Å². The van der Waals surface area contributed by atoms with Crippen LogP contribution in [0.4, 0.5) is 0 Å². The highest BCUT2D eigenvalue weighted by Gasteiger charge is 2.49. The second-order valence-corrected chi connectivity index (χ2v) is 10.2. The Morgan fingerprint density at radius 3 is 2.27 bits per heavy atom. The predicted octanol–water partition coefficient (Wildman–Crippen LogP) is 1.77. The highest BCUT2D eigenvalue weighted by Crippen LogP contribution is 2.53. The Morgan fingerprint density at radius 2 is 1.65 bits per heavy atom. The fourth-order valence-corrected chi connectivity index (χ4v) is 7.44. The smallest absolute Gasteiger partial charge is 0.269 e. The highest BCUT2D eigenvalue weighted by atomic mass is 32.2. The molecule has 0 saturated heterocycles. The Bertz CT molecular complexity index is 867. The summed E-state index contributed by atoms with van der Waals surface area (Å²) in [5.41, 5.74) is 0.148. The minimum Gasteiger partial charge on any atom is -0.351 e. The zero-order valence-electron chi connectivity index (χ0n) is 14.4. The Labute approximate surface area is 153 Å². The van der Waals surface area contributed by atoms with E-state index in [-0.39, 0.29) is 22.4 Å². The van der Waals surface area contributed by atoms with Crippen molar-refractivity contribution in [2.75, 3.05) is 6.54 Å². The molecule has 138 valence electrons. The molecule has 0 aromatic heterocycles. The predicted molar refractivity (Wildman–Crippen MR) is 93.6 cm³/mol. The molecule has 0 unspecified atom stereocenters. The van der Waals surface area contributed by atoms with Crippen LogP contribution in [0.5, 0.6) is 0 Å². The van der Waals surface area contributed by atoms with Crippen LogP contribution in [-0.2, 0) is 14.8 Å². The van der Waals surface area contributed by atoms with Crippen molar-refractivity contribution in [1.82, 2.24) is 9.62 Å². The molecule has 4 bridgehead atoms. The summed E-state index contributed by atoms with van der Waals surface area (Å²) in [5, 5.41) is 3.08. The molecule has 4 saturated carbocycles. The van der Waals surface area contributed by atoms with Gasteiger partial charge in [0.15, 0.2) is 0 Å². The summed E-state index contributed by atoms with van der Waals surface area (Å²) < 4.78 is 25.9. The lowest BCUT2D eigenvalue weighted by Gasteiger charge is -2.54. The van der Waals surface area contributed by atoms with Gasteiger partial charge >= 0.3 is 0 Å². The first kappa shape index (κ1) is 16.3. The van der Waals surface area contributed by atoms with E-state index in [9.17, 15) is 18.0 Å². The normalized spacial score (nSPS) is 36.2. The number of sulfonamides is 1. The van der Waals surface area contributed by atoms with E-state index in [0.717, 1.165) is 11.8 Å². The van der Waals surface area contributed by atoms with Crippen LogP contribution in [0.3, 0.4) is 0 Å². The number of amides is 2. The van der Waals surface area contributed by atoms with Crippen molar-refractivity contribution in [2.45, 2.75) is 43.0 Å². The summed E-state index contributed by atoms with van der Waals surface area (Å²) in [7, 11) is -3.93. The van der Waals surface area contributed by atoms with Gasteiger partial charge in [0.2, 0.25) is 5.91 Å². The van der Waals surface area contributed by atoms with Gasteiger partial charge in [0, 0.05) is 6.04 Å². The summed E-state index contributed by atoms with van der Waals surface area (Å²) in [6, 6.07) is 6.26. The van der Waals surface area contributed by atoms with Gasteiger partial charge in [-0.1, -0.05) is 12.1 Å². The quantitative estimate of drug-likeness (QED) is 0.874. The number of rotatable bonds is 3. The SMILES string of the molecule is O=C(CN1C(=O)c2ccccc2S1(=O)=O)NC1C2CC3CC(C2)CC1C3. The summed E-state index contributed by atoms with van der Waals surface area (Å²) in [6.45, 7) is -0.432. The number of fused-ring (bicyclic) bond motifs is 1. The first-order valence-electron chi connectivity index (χ1n) is 9.39. The largest absolute Gasteiger partial charge is 0.351 e. The molecule has 7 heteroatoms. The fourth-order valence-electron chi connectivity index (χ4n) is 5.91. The second kappa shape index (κ2) is 5.55. The van der Waals surface area contributed by atoms with Crippen molar-refractivity contribution in [3.05, 3.63) is 29.8 Å². The summed E-state index contributed by atoms with van der Waals surface area (Å²) in [5.74, 6) is 1.66. The lowest BCUT2D eigenvalue weighted by Crippen LogP contribution is -2.57. The molecule has 1 N–H and O–H groups in total. The molecule has 0 spiro atoms. The van der Waals surface area contributed by atoms with Crippen LogP contribution in [0.25, 0.3) is 0 Å². The summed E-state index contributed by atoms with van der Waals surface area (Å²) in [6.07, 6.45) is 6.02. The number of carbonyl (C=O) groups excluding carboxylic acids is 2. The average molecular weight is 374 g/mol. The van der Waals surface area contributed by atoms with Crippen molar-refractivity contribution >= 4 is 21.8 Å². The van der Waals surface area contributed by atoms with E-state index in [2.05, 4.69) is 5.32 Å². The average Bonchev–Trinajstić information content (AvgIpc) is 2.79. The summed E-state index contributed by atoms with van der Waals surface area (Å²) in [4.78, 5) is 25.1. The van der Waals surface area contributed by atoms with Crippen LogP contribution in [0, 0.1) is 23.7 Å². The molecule has 2 amide bonds. The van der Waals surface area contributed by atoms with E-state index in [4.69, 9.17) is 0 Å². The number of nitrogens with one attached hydrogen (secondary N) is 1. The number of hydrogen-bond acceptors (Lipinski definition) is 4. The van der Waals surface area contributed by atoms with Gasteiger partial charge < -0.3 is 5.32 Å². The minimum atomic E-state index is -3.93. The maximum Gasteiger partial charge on any atom is 0.269 e. The van der Waals surface area contributed by atoms with Gasteiger partial charge in [0.05, 0.1) is 5.56 Å². The van der Waals surface area contributed by atoms with Crippen LogP contribution in [0.15, 0.2) is 29.2 Å². The Balaban J connectivity index is 1.32. The molecule has 1 aromatic rings. The van der Waals surface area contributed by atoms with Gasteiger partial charge in [-0.15, -0.1) is 0 Å². The van der Waals surface area contributed by atoms with Gasteiger partial charge in [-0.05, 0) is 67.9 Å². The van der Waals surface area contributed by atoms with Crippen LogP contribution in [0.1, 0.15) is 42.5 Å². The standard InChI is InChI=1S/C19H22N2O4S/c22-17(20-18-13-6-11-5-12(8-13)9-14(18)7-11)10-21-19(23)15-3-1-2-4-16(15)26(21,24)25/h1-4,11-14,18H,5-10H2,(H,20,22). The van der Waals surface area contributed by atoms with Crippen LogP contribution < -0.4 is 5.32 Å². The first-order valence-corrected chi connectivity index (χ1v) is 10.8. The maximum absolute atomic E-state index is 12.6. The molecule has 1 aliphatic heterocycles. The van der Waals surface area contributed by atoms with E-state index < -0.39 is 22.5 Å². The van der Waals surface area contributed by atoms with Gasteiger partial charge in [0.25, 0.3) is 15.9 Å².